The van der Waals surface area contributed by atoms with Crippen molar-refractivity contribution in [2.45, 2.75) is 12.5 Å². The van der Waals surface area contributed by atoms with E-state index in [0.717, 1.165) is 32.9 Å². The Morgan fingerprint density at radius 2 is 1.47 bits per heavy atom. The molecular formula is C25H22N2O3. The van der Waals surface area contributed by atoms with Crippen LogP contribution in [0.2, 0.25) is 0 Å². The fourth-order valence-corrected chi connectivity index (χ4v) is 3.71. The third kappa shape index (κ3) is 3.82. The molecule has 0 aliphatic heterocycles. The number of amides is 2. The lowest BCUT2D eigenvalue weighted by Gasteiger charge is -2.18. The minimum atomic E-state index is -0.830. The van der Waals surface area contributed by atoms with E-state index < -0.39 is 11.9 Å². The molecule has 0 unspecified atom stereocenters. The Labute approximate surface area is 174 Å². The quantitative estimate of drug-likeness (QED) is 0.485. The summed E-state index contributed by atoms with van der Waals surface area (Å²) in [6.07, 6.45) is 0.299. The Morgan fingerprint density at radius 1 is 0.900 bits per heavy atom. The second-order valence-corrected chi connectivity index (χ2v) is 7.17. The molecule has 4 aromatic carbocycles. The molecule has 30 heavy (non-hydrogen) atoms. The van der Waals surface area contributed by atoms with Gasteiger partial charge in [-0.2, -0.15) is 0 Å². The molecule has 0 aliphatic carbocycles. The van der Waals surface area contributed by atoms with E-state index in [4.69, 9.17) is 10.5 Å². The number of fused-ring (bicyclic) bond motifs is 2. The van der Waals surface area contributed by atoms with E-state index in [-0.39, 0.29) is 5.91 Å². The molecule has 0 aliphatic rings. The van der Waals surface area contributed by atoms with Gasteiger partial charge in [0.2, 0.25) is 5.91 Å². The molecule has 0 heterocycles. The summed E-state index contributed by atoms with van der Waals surface area (Å²) < 4.78 is 5.16. The normalized spacial score (nSPS) is 11.9. The first-order valence-corrected chi connectivity index (χ1v) is 9.70. The van der Waals surface area contributed by atoms with Crippen LogP contribution >= 0.6 is 0 Å². The van der Waals surface area contributed by atoms with Crippen LogP contribution < -0.4 is 15.8 Å². The summed E-state index contributed by atoms with van der Waals surface area (Å²) >= 11 is 0. The van der Waals surface area contributed by atoms with Crippen LogP contribution in [0, 0.1) is 0 Å². The first kappa shape index (κ1) is 19.5. The zero-order chi connectivity index (χ0) is 21.1. The van der Waals surface area contributed by atoms with Crippen LogP contribution in [0.4, 0.5) is 0 Å². The van der Waals surface area contributed by atoms with Gasteiger partial charge in [0.1, 0.15) is 11.8 Å². The van der Waals surface area contributed by atoms with E-state index in [1.54, 1.807) is 7.11 Å². The Hall–Kier alpha value is -3.86. The fourth-order valence-electron chi connectivity index (χ4n) is 3.71. The third-order valence-corrected chi connectivity index (χ3v) is 5.25. The summed E-state index contributed by atoms with van der Waals surface area (Å²) in [7, 11) is 1.59. The van der Waals surface area contributed by atoms with Crippen LogP contribution in [0.3, 0.4) is 0 Å². The molecule has 0 saturated carbocycles. The number of ether oxygens (including phenoxy) is 1. The number of methoxy groups -OCH3 is 1. The summed E-state index contributed by atoms with van der Waals surface area (Å²) in [4.78, 5) is 25.4. The van der Waals surface area contributed by atoms with Crippen LogP contribution in [0.15, 0.2) is 78.9 Å². The van der Waals surface area contributed by atoms with E-state index in [1.807, 2.05) is 72.8 Å². The molecule has 0 spiro atoms. The van der Waals surface area contributed by atoms with Crippen molar-refractivity contribution in [3.05, 3.63) is 90.0 Å². The van der Waals surface area contributed by atoms with Crippen molar-refractivity contribution in [2.75, 3.05) is 7.11 Å². The van der Waals surface area contributed by atoms with Crippen molar-refractivity contribution in [3.63, 3.8) is 0 Å². The maximum Gasteiger partial charge on any atom is 0.253 e. The number of benzene rings is 4. The van der Waals surface area contributed by atoms with E-state index in [9.17, 15) is 9.59 Å². The first-order valence-electron chi connectivity index (χ1n) is 9.70. The lowest BCUT2D eigenvalue weighted by molar-refractivity contribution is -0.119. The van der Waals surface area contributed by atoms with E-state index in [2.05, 4.69) is 11.4 Å². The topological polar surface area (TPSA) is 81.4 Å². The third-order valence-electron chi connectivity index (χ3n) is 5.25. The molecule has 4 aromatic rings. The van der Waals surface area contributed by atoms with E-state index >= 15 is 0 Å². The van der Waals surface area contributed by atoms with Crippen LogP contribution in [0.25, 0.3) is 21.5 Å². The molecule has 0 radical (unpaired) electrons. The predicted octanol–water partition coefficient (Wildman–Crippen LogP) is 3.83. The number of carbonyl (C=O) groups excluding carboxylic acids is 2. The van der Waals surface area contributed by atoms with E-state index in [0.29, 0.717) is 12.0 Å². The van der Waals surface area contributed by atoms with Gasteiger partial charge < -0.3 is 15.8 Å². The summed E-state index contributed by atoms with van der Waals surface area (Å²) in [5.74, 6) is -0.176. The van der Waals surface area contributed by atoms with Gasteiger partial charge in [-0.1, -0.05) is 60.7 Å². The highest BCUT2D eigenvalue weighted by atomic mass is 16.5. The lowest BCUT2D eigenvalue weighted by atomic mass is 9.95. The average molecular weight is 398 g/mol. The number of nitrogens with two attached hydrogens (primary N) is 1. The Morgan fingerprint density at radius 3 is 2.00 bits per heavy atom. The van der Waals surface area contributed by atoms with Crippen molar-refractivity contribution in [1.29, 1.82) is 0 Å². The molecule has 1 atom stereocenters. The van der Waals surface area contributed by atoms with Crippen LogP contribution in [0.5, 0.6) is 5.75 Å². The van der Waals surface area contributed by atoms with Gasteiger partial charge in [0.05, 0.1) is 12.7 Å². The van der Waals surface area contributed by atoms with Gasteiger partial charge in [0.25, 0.3) is 5.91 Å². The molecule has 0 saturated heterocycles. The first-order chi connectivity index (χ1) is 14.6. The number of rotatable bonds is 6. The SMILES string of the molecule is COc1ccc(C[C@H](NC(=O)c2c3ccccc3cc3ccccc23)C(N)=O)cc1. The number of primary amides is 1. The van der Waals surface area contributed by atoms with Gasteiger partial charge in [-0.3, -0.25) is 9.59 Å². The van der Waals surface area contributed by atoms with Crippen molar-refractivity contribution in [1.82, 2.24) is 5.32 Å². The highest BCUT2D eigenvalue weighted by Gasteiger charge is 2.22. The van der Waals surface area contributed by atoms with Crippen molar-refractivity contribution in [3.8, 4) is 5.75 Å². The standard InChI is InChI=1S/C25H22N2O3/c1-30-19-12-10-16(11-13-19)14-22(24(26)28)27-25(29)23-20-8-4-2-6-17(20)15-18-7-3-5-9-21(18)23/h2-13,15,22H,14H2,1H3,(H2,26,28)(H,27,29)/t22-/m0/s1. The zero-order valence-electron chi connectivity index (χ0n) is 16.6. The predicted molar refractivity (Wildman–Crippen MR) is 119 cm³/mol. The van der Waals surface area contributed by atoms with Gasteiger partial charge >= 0.3 is 0 Å². The summed E-state index contributed by atoms with van der Waals surface area (Å²) in [5, 5.41) is 6.45. The molecule has 5 heteroatoms. The molecular weight excluding hydrogens is 376 g/mol. The monoisotopic (exact) mass is 398 g/mol. The number of hydrogen-bond acceptors (Lipinski definition) is 3. The Kier molecular flexibility index (Phi) is 5.35. The van der Waals surface area contributed by atoms with Gasteiger partial charge in [0.15, 0.2) is 0 Å². The molecule has 2 amide bonds. The number of nitrogens with one attached hydrogen (secondary N) is 1. The summed E-state index contributed by atoms with van der Waals surface area (Å²) in [5.41, 5.74) is 7.04. The molecule has 0 aromatic heterocycles. The second-order valence-electron chi connectivity index (χ2n) is 7.17. The van der Waals surface area contributed by atoms with Crippen molar-refractivity contribution in [2.24, 2.45) is 5.73 Å². The average Bonchev–Trinajstić information content (AvgIpc) is 2.77. The van der Waals surface area contributed by atoms with Gasteiger partial charge in [-0.25, -0.2) is 0 Å². The molecule has 150 valence electrons. The zero-order valence-corrected chi connectivity index (χ0v) is 16.6. The summed E-state index contributed by atoms with van der Waals surface area (Å²) in [6, 6.07) is 24.0. The van der Waals surface area contributed by atoms with Crippen LogP contribution in [0.1, 0.15) is 15.9 Å². The van der Waals surface area contributed by atoms with Crippen LogP contribution in [-0.2, 0) is 11.2 Å². The van der Waals surface area contributed by atoms with Crippen molar-refractivity contribution >= 4 is 33.4 Å². The smallest absolute Gasteiger partial charge is 0.253 e. The maximum atomic E-state index is 13.3. The van der Waals surface area contributed by atoms with E-state index in [1.165, 1.54) is 0 Å². The Bertz CT molecular complexity index is 1180. The molecule has 5 nitrogen and oxygen atoms in total. The molecule has 0 bridgehead atoms. The number of hydrogen-bond donors (Lipinski definition) is 2. The van der Waals surface area contributed by atoms with Gasteiger partial charge in [0, 0.05) is 6.42 Å². The fraction of sp³-hybridized carbons (Fsp3) is 0.120. The van der Waals surface area contributed by atoms with Crippen molar-refractivity contribution < 1.29 is 14.3 Å². The maximum absolute atomic E-state index is 13.3. The molecule has 3 N–H and O–H groups in total. The largest absolute Gasteiger partial charge is 0.497 e. The second kappa shape index (κ2) is 8.25. The highest BCUT2D eigenvalue weighted by Crippen LogP contribution is 2.28. The van der Waals surface area contributed by atoms with Gasteiger partial charge in [-0.15, -0.1) is 0 Å². The number of carbonyl (C=O) groups is 2. The summed E-state index contributed by atoms with van der Waals surface area (Å²) in [6.45, 7) is 0. The van der Waals surface area contributed by atoms with Gasteiger partial charge in [-0.05, 0) is 45.3 Å². The highest BCUT2D eigenvalue weighted by molar-refractivity contribution is 6.18. The molecule has 0 fully saturated rings. The Balaban J connectivity index is 1.70. The van der Waals surface area contributed by atoms with Crippen LogP contribution in [-0.4, -0.2) is 25.0 Å². The minimum absolute atomic E-state index is 0.299. The lowest BCUT2D eigenvalue weighted by Crippen LogP contribution is -2.46. The molecule has 4 rings (SSSR count). The minimum Gasteiger partial charge on any atom is -0.497 e.